The lowest BCUT2D eigenvalue weighted by Crippen LogP contribution is -2.49. The molecule has 1 aromatic carbocycles. The fourth-order valence-electron chi connectivity index (χ4n) is 4.31. The summed E-state index contributed by atoms with van der Waals surface area (Å²) in [6, 6.07) is 6.69. The van der Waals surface area contributed by atoms with E-state index in [0.717, 1.165) is 43.7 Å². The van der Waals surface area contributed by atoms with Crippen molar-refractivity contribution in [3.8, 4) is 0 Å². The normalized spacial score (nSPS) is 23.6. The van der Waals surface area contributed by atoms with Crippen LogP contribution in [-0.2, 0) is 6.42 Å². The summed E-state index contributed by atoms with van der Waals surface area (Å²) >= 11 is 0. The van der Waals surface area contributed by atoms with Gasteiger partial charge in [0.25, 0.3) is 0 Å². The number of carbonyl (C=O) groups is 1. The minimum atomic E-state index is 0.0567. The van der Waals surface area contributed by atoms with Gasteiger partial charge in [-0.25, -0.2) is 4.79 Å². The van der Waals surface area contributed by atoms with Crippen molar-refractivity contribution in [1.29, 1.82) is 0 Å². The minimum absolute atomic E-state index is 0.0567. The number of nitrogens with zero attached hydrogens (tertiary/aromatic N) is 2. The number of anilines is 1. The van der Waals surface area contributed by atoms with E-state index >= 15 is 0 Å². The Bertz CT molecular complexity index is 640. The van der Waals surface area contributed by atoms with Crippen LogP contribution in [-0.4, -0.2) is 48.6 Å². The number of likely N-dealkylation sites (tertiary alicyclic amines) is 2. The smallest absolute Gasteiger partial charge is 0.320 e. The maximum absolute atomic E-state index is 13.1. The number of benzene rings is 1. The van der Waals surface area contributed by atoms with Gasteiger partial charge >= 0.3 is 6.03 Å². The van der Waals surface area contributed by atoms with E-state index < -0.39 is 0 Å². The zero-order valence-electron chi connectivity index (χ0n) is 15.8. The van der Waals surface area contributed by atoms with E-state index in [4.69, 9.17) is 0 Å². The number of carbonyl (C=O) groups excluding carboxylic acids is 1. The summed E-state index contributed by atoms with van der Waals surface area (Å²) in [5, 5.41) is 3.26. The van der Waals surface area contributed by atoms with Crippen LogP contribution in [0.25, 0.3) is 0 Å². The molecule has 2 amide bonds. The lowest BCUT2D eigenvalue weighted by Gasteiger charge is -2.36. The number of likely N-dealkylation sites (N-methyl/N-ethyl adjacent to an activating group) is 1. The second kappa shape index (κ2) is 7.61. The van der Waals surface area contributed by atoms with Crippen LogP contribution in [0, 0.1) is 5.92 Å². The average molecular weight is 341 g/mol. The Morgan fingerprint density at radius 3 is 2.84 bits per heavy atom. The molecule has 0 unspecified atom stereocenters. The van der Waals surface area contributed by atoms with Crippen molar-refractivity contribution in [2.24, 2.45) is 5.92 Å². The molecule has 1 aromatic rings. The lowest BCUT2D eigenvalue weighted by atomic mass is 9.92. The molecule has 0 aliphatic carbocycles. The summed E-state index contributed by atoms with van der Waals surface area (Å²) in [5.74, 6) is 1.03. The Balaban J connectivity index is 1.82. The van der Waals surface area contributed by atoms with Crippen molar-refractivity contribution in [1.82, 2.24) is 9.80 Å². The van der Waals surface area contributed by atoms with E-state index in [1.165, 1.54) is 12.0 Å². The summed E-state index contributed by atoms with van der Waals surface area (Å²) < 4.78 is 0. The number of rotatable bonds is 4. The van der Waals surface area contributed by atoms with Gasteiger partial charge in [0.15, 0.2) is 0 Å². The van der Waals surface area contributed by atoms with E-state index in [1.54, 1.807) is 0 Å². The third-order valence-electron chi connectivity index (χ3n) is 5.73. The molecule has 2 aliphatic heterocycles. The predicted molar refractivity (Wildman–Crippen MR) is 104 cm³/mol. The van der Waals surface area contributed by atoms with Crippen molar-refractivity contribution >= 4 is 11.7 Å². The van der Waals surface area contributed by atoms with Crippen LogP contribution >= 0.6 is 0 Å². The Hall–Kier alpha value is -1.81. The van der Waals surface area contributed by atoms with Gasteiger partial charge in [0.05, 0.1) is 0 Å². The molecule has 2 atom stereocenters. The SMILES string of the molecule is C=CCc1cccc(C(C)C)c1NC(=O)N1CC[C@@H]2CCN(C)C[C@H]21. The third-order valence-corrected chi connectivity index (χ3v) is 5.73. The first kappa shape index (κ1) is 18.0. The molecule has 4 nitrogen and oxygen atoms in total. The Morgan fingerprint density at radius 2 is 2.12 bits per heavy atom. The molecule has 2 fully saturated rings. The maximum atomic E-state index is 13.1. The van der Waals surface area contributed by atoms with Crippen LogP contribution in [0.5, 0.6) is 0 Å². The summed E-state index contributed by atoms with van der Waals surface area (Å²) in [6.45, 7) is 11.2. The number of hydrogen-bond acceptors (Lipinski definition) is 2. The van der Waals surface area contributed by atoms with Crippen LogP contribution < -0.4 is 5.32 Å². The number of nitrogens with one attached hydrogen (secondary N) is 1. The zero-order valence-corrected chi connectivity index (χ0v) is 15.8. The lowest BCUT2D eigenvalue weighted by molar-refractivity contribution is 0.137. The quantitative estimate of drug-likeness (QED) is 0.837. The third kappa shape index (κ3) is 3.74. The number of hydrogen-bond donors (Lipinski definition) is 1. The van der Waals surface area contributed by atoms with Gasteiger partial charge in [-0.2, -0.15) is 0 Å². The van der Waals surface area contributed by atoms with Gasteiger partial charge in [0.1, 0.15) is 0 Å². The van der Waals surface area contributed by atoms with E-state index in [9.17, 15) is 4.79 Å². The molecule has 0 aromatic heterocycles. The molecule has 2 heterocycles. The molecule has 3 rings (SSSR count). The molecular weight excluding hydrogens is 310 g/mol. The van der Waals surface area contributed by atoms with Crippen LogP contribution in [0.15, 0.2) is 30.9 Å². The van der Waals surface area contributed by atoms with E-state index in [1.807, 2.05) is 6.08 Å². The number of amides is 2. The molecule has 2 aliphatic rings. The number of allylic oxidation sites excluding steroid dienone is 1. The van der Waals surface area contributed by atoms with E-state index in [0.29, 0.717) is 17.9 Å². The zero-order chi connectivity index (χ0) is 18.0. The summed E-state index contributed by atoms with van der Waals surface area (Å²) in [6.07, 6.45) is 5.01. The van der Waals surface area contributed by atoms with Gasteiger partial charge < -0.3 is 15.1 Å². The minimum Gasteiger partial charge on any atom is -0.320 e. The van der Waals surface area contributed by atoms with Crippen molar-refractivity contribution < 1.29 is 4.79 Å². The molecule has 1 N–H and O–H groups in total. The summed E-state index contributed by atoms with van der Waals surface area (Å²) in [4.78, 5) is 17.5. The molecular formula is C21H31N3O. The molecule has 0 radical (unpaired) electrons. The van der Waals surface area contributed by atoms with Crippen molar-refractivity contribution in [2.45, 2.75) is 45.1 Å². The fraction of sp³-hybridized carbons (Fsp3) is 0.571. The topological polar surface area (TPSA) is 35.6 Å². The highest BCUT2D eigenvalue weighted by Gasteiger charge is 2.40. The first-order chi connectivity index (χ1) is 12.0. The highest BCUT2D eigenvalue weighted by Crippen LogP contribution is 2.33. The average Bonchev–Trinajstić information content (AvgIpc) is 2.99. The summed E-state index contributed by atoms with van der Waals surface area (Å²) in [7, 11) is 2.15. The van der Waals surface area contributed by atoms with Gasteiger partial charge in [-0.05, 0) is 55.8 Å². The van der Waals surface area contributed by atoms with Gasteiger partial charge in [-0.15, -0.1) is 6.58 Å². The molecule has 136 valence electrons. The number of fused-ring (bicyclic) bond motifs is 1. The van der Waals surface area contributed by atoms with Crippen LogP contribution in [0.1, 0.15) is 43.7 Å². The van der Waals surface area contributed by atoms with Crippen LogP contribution in [0.4, 0.5) is 10.5 Å². The molecule has 25 heavy (non-hydrogen) atoms. The van der Waals surface area contributed by atoms with Gasteiger partial charge in [0, 0.05) is 24.8 Å². The standard InChI is InChI=1S/C21H31N3O/c1-5-7-17-8-6-9-18(15(2)3)20(17)22-21(25)24-13-11-16-10-12-23(4)14-19(16)24/h5-6,8-9,15-16,19H,1,7,10-14H2,2-4H3,(H,22,25)/t16-,19+/m0/s1. The van der Waals surface area contributed by atoms with Gasteiger partial charge in [0.2, 0.25) is 0 Å². The van der Waals surface area contributed by atoms with Gasteiger partial charge in [-0.3, -0.25) is 0 Å². The molecule has 4 heteroatoms. The monoisotopic (exact) mass is 341 g/mol. The first-order valence-electron chi connectivity index (χ1n) is 9.50. The molecule has 0 spiro atoms. The molecule has 0 bridgehead atoms. The predicted octanol–water partition coefficient (Wildman–Crippen LogP) is 4.10. The highest BCUT2D eigenvalue weighted by atomic mass is 16.2. The molecule has 0 saturated carbocycles. The summed E-state index contributed by atoms with van der Waals surface area (Å²) in [5.41, 5.74) is 3.32. The molecule has 2 saturated heterocycles. The second-order valence-corrected chi connectivity index (χ2v) is 7.82. The number of urea groups is 1. The largest absolute Gasteiger partial charge is 0.322 e. The maximum Gasteiger partial charge on any atom is 0.322 e. The van der Waals surface area contributed by atoms with E-state index in [2.05, 4.69) is 60.8 Å². The second-order valence-electron chi connectivity index (χ2n) is 7.82. The number of piperidine rings is 1. The van der Waals surface area contributed by atoms with Gasteiger partial charge in [-0.1, -0.05) is 38.1 Å². The number of para-hydroxylation sites is 1. The van der Waals surface area contributed by atoms with Crippen LogP contribution in [0.3, 0.4) is 0 Å². The van der Waals surface area contributed by atoms with Crippen LogP contribution in [0.2, 0.25) is 0 Å². The fourth-order valence-corrected chi connectivity index (χ4v) is 4.31. The Labute approximate surface area is 151 Å². The van der Waals surface area contributed by atoms with Crippen molar-refractivity contribution in [3.05, 3.63) is 42.0 Å². The van der Waals surface area contributed by atoms with Crippen molar-refractivity contribution in [3.63, 3.8) is 0 Å². The van der Waals surface area contributed by atoms with Crippen molar-refractivity contribution in [2.75, 3.05) is 32.0 Å². The Morgan fingerprint density at radius 1 is 1.36 bits per heavy atom. The Kier molecular flexibility index (Phi) is 5.48. The highest BCUT2D eigenvalue weighted by molar-refractivity contribution is 5.91. The first-order valence-corrected chi connectivity index (χ1v) is 9.50. The van der Waals surface area contributed by atoms with E-state index in [-0.39, 0.29) is 6.03 Å².